The van der Waals surface area contributed by atoms with Crippen molar-refractivity contribution in [3.63, 3.8) is 0 Å². The van der Waals surface area contributed by atoms with Crippen molar-refractivity contribution in [3.8, 4) is 0 Å². The smallest absolute Gasteiger partial charge is 0.315 e. The molecule has 0 saturated carbocycles. The van der Waals surface area contributed by atoms with Gasteiger partial charge in [-0.25, -0.2) is 4.79 Å². The average molecular weight is 290 g/mol. The maximum atomic E-state index is 11.9. The second-order valence-electron chi connectivity index (χ2n) is 6.19. The van der Waals surface area contributed by atoms with Gasteiger partial charge in [0.1, 0.15) is 0 Å². The maximum Gasteiger partial charge on any atom is 0.315 e. The molecule has 1 aliphatic heterocycles. The van der Waals surface area contributed by atoms with Crippen molar-refractivity contribution in [3.05, 3.63) is 35.4 Å². The highest BCUT2D eigenvalue weighted by atomic mass is 16.5. The summed E-state index contributed by atoms with van der Waals surface area (Å²) in [6.45, 7) is 8.22. The monoisotopic (exact) mass is 290 g/mol. The van der Waals surface area contributed by atoms with E-state index in [0.29, 0.717) is 6.54 Å². The van der Waals surface area contributed by atoms with Crippen LogP contribution in [0, 0.1) is 6.92 Å². The molecule has 21 heavy (non-hydrogen) atoms. The van der Waals surface area contributed by atoms with Crippen LogP contribution in [0.3, 0.4) is 0 Å². The van der Waals surface area contributed by atoms with Crippen LogP contribution in [0.2, 0.25) is 0 Å². The molecule has 1 heterocycles. The lowest BCUT2D eigenvalue weighted by Crippen LogP contribution is -2.48. The van der Waals surface area contributed by atoms with Gasteiger partial charge in [0.2, 0.25) is 0 Å². The predicted octanol–water partition coefficient (Wildman–Crippen LogP) is 2.75. The lowest BCUT2D eigenvalue weighted by Gasteiger charge is -2.39. The van der Waals surface area contributed by atoms with Crippen molar-refractivity contribution in [2.24, 2.45) is 0 Å². The van der Waals surface area contributed by atoms with Crippen molar-refractivity contribution < 1.29 is 9.53 Å². The van der Waals surface area contributed by atoms with Crippen molar-refractivity contribution in [2.45, 2.75) is 45.1 Å². The molecule has 1 aromatic carbocycles. The standard InChI is InChI=1S/C17H26N2O2/c1-13(2)19-16(20)18-12-17(8-10-21-11-9-17)15-7-5-4-6-14(15)3/h4-7,13H,8-12H2,1-3H3,(H2,18,19,20). The number of benzene rings is 1. The van der Waals surface area contributed by atoms with Gasteiger partial charge in [-0.1, -0.05) is 24.3 Å². The van der Waals surface area contributed by atoms with Crippen molar-refractivity contribution >= 4 is 6.03 Å². The molecule has 1 aromatic rings. The Kier molecular flexibility index (Phi) is 5.23. The SMILES string of the molecule is Cc1ccccc1C1(CNC(=O)NC(C)C)CCOCC1. The number of ether oxygens (including phenoxy) is 1. The Morgan fingerprint density at radius 3 is 2.57 bits per heavy atom. The van der Waals surface area contributed by atoms with E-state index in [4.69, 9.17) is 4.74 Å². The number of hydrogen-bond acceptors (Lipinski definition) is 2. The largest absolute Gasteiger partial charge is 0.381 e. The second-order valence-corrected chi connectivity index (χ2v) is 6.19. The molecule has 0 aromatic heterocycles. The number of urea groups is 1. The lowest BCUT2D eigenvalue weighted by atomic mass is 9.72. The zero-order valence-electron chi connectivity index (χ0n) is 13.2. The van der Waals surface area contributed by atoms with Crippen LogP contribution in [0.5, 0.6) is 0 Å². The molecule has 0 radical (unpaired) electrons. The first-order valence-electron chi connectivity index (χ1n) is 7.72. The summed E-state index contributed by atoms with van der Waals surface area (Å²) in [5.74, 6) is 0. The summed E-state index contributed by atoms with van der Waals surface area (Å²) in [5.41, 5.74) is 2.60. The van der Waals surface area contributed by atoms with Gasteiger partial charge in [-0.15, -0.1) is 0 Å². The molecule has 1 saturated heterocycles. The Hall–Kier alpha value is -1.55. The minimum atomic E-state index is -0.0931. The highest BCUT2D eigenvalue weighted by molar-refractivity contribution is 5.74. The first kappa shape index (κ1) is 15.8. The fraction of sp³-hybridized carbons (Fsp3) is 0.588. The number of rotatable bonds is 4. The molecule has 0 aliphatic carbocycles. The molecule has 0 unspecified atom stereocenters. The summed E-state index contributed by atoms with van der Waals surface area (Å²) in [5, 5.41) is 5.93. The van der Waals surface area contributed by atoms with Gasteiger partial charge >= 0.3 is 6.03 Å². The summed E-state index contributed by atoms with van der Waals surface area (Å²) in [7, 11) is 0. The zero-order valence-corrected chi connectivity index (χ0v) is 13.2. The minimum Gasteiger partial charge on any atom is -0.381 e. The highest BCUT2D eigenvalue weighted by Gasteiger charge is 2.35. The molecule has 1 aliphatic rings. The van der Waals surface area contributed by atoms with Gasteiger partial charge in [-0.2, -0.15) is 0 Å². The number of carbonyl (C=O) groups is 1. The van der Waals surface area contributed by atoms with E-state index in [0.717, 1.165) is 26.1 Å². The third kappa shape index (κ3) is 3.97. The molecule has 4 heteroatoms. The molecule has 1 fully saturated rings. The van der Waals surface area contributed by atoms with Crippen LogP contribution in [0.1, 0.15) is 37.8 Å². The number of nitrogens with one attached hydrogen (secondary N) is 2. The van der Waals surface area contributed by atoms with Crippen molar-refractivity contribution in [1.29, 1.82) is 0 Å². The molecule has 2 amide bonds. The molecule has 0 atom stereocenters. The van der Waals surface area contributed by atoms with E-state index < -0.39 is 0 Å². The zero-order chi connectivity index (χ0) is 15.3. The summed E-state index contributed by atoms with van der Waals surface area (Å²) in [6.07, 6.45) is 1.89. The van der Waals surface area contributed by atoms with Gasteiger partial charge < -0.3 is 15.4 Å². The van der Waals surface area contributed by atoms with Gasteiger partial charge in [0.05, 0.1) is 0 Å². The van der Waals surface area contributed by atoms with Gasteiger partial charge in [0.25, 0.3) is 0 Å². The van der Waals surface area contributed by atoms with E-state index in [-0.39, 0.29) is 17.5 Å². The fourth-order valence-corrected chi connectivity index (χ4v) is 3.03. The molecule has 2 rings (SSSR count). The molecule has 0 bridgehead atoms. The maximum absolute atomic E-state index is 11.9. The molecule has 2 N–H and O–H groups in total. The van der Waals surface area contributed by atoms with Gasteiger partial charge in [0.15, 0.2) is 0 Å². The third-order valence-corrected chi connectivity index (χ3v) is 4.17. The van der Waals surface area contributed by atoms with Gasteiger partial charge in [-0.3, -0.25) is 0 Å². The second kappa shape index (κ2) is 6.94. The topological polar surface area (TPSA) is 50.4 Å². The number of amides is 2. The van der Waals surface area contributed by atoms with Gasteiger partial charge in [0, 0.05) is 31.2 Å². The van der Waals surface area contributed by atoms with E-state index in [1.54, 1.807) is 0 Å². The van der Waals surface area contributed by atoms with Crippen LogP contribution < -0.4 is 10.6 Å². The van der Waals surface area contributed by atoms with Crippen LogP contribution in [0.25, 0.3) is 0 Å². The summed E-state index contributed by atoms with van der Waals surface area (Å²) >= 11 is 0. The third-order valence-electron chi connectivity index (χ3n) is 4.17. The van der Waals surface area contributed by atoms with Crippen LogP contribution in [0.15, 0.2) is 24.3 Å². The van der Waals surface area contributed by atoms with Crippen LogP contribution in [0.4, 0.5) is 4.79 Å². The normalized spacial score (nSPS) is 17.5. The number of aryl methyl sites for hydroxylation is 1. The van der Waals surface area contributed by atoms with E-state index in [9.17, 15) is 4.79 Å². The van der Waals surface area contributed by atoms with Crippen molar-refractivity contribution in [2.75, 3.05) is 19.8 Å². The van der Waals surface area contributed by atoms with Gasteiger partial charge in [-0.05, 0) is 44.7 Å². The van der Waals surface area contributed by atoms with E-state index in [1.165, 1.54) is 11.1 Å². The molecular formula is C17H26N2O2. The van der Waals surface area contributed by atoms with E-state index in [2.05, 4.69) is 41.8 Å². The average Bonchev–Trinajstić information content (AvgIpc) is 2.46. The Morgan fingerprint density at radius 1 is 1.29 bits per heavy atom. The Balaban J connectivity index is 2.14. The Morgan fingerprint density at radius 2 is 1.95 bits per heavy atom. The molecule has 116 valence electrons. The van der Waals surface area contributed by atoms with E-state index >= 15 is 0 Å². The summed E-state index contributed by atoms with van der Waals surface area (Å²) in [6, 6.07) is 8.51. The molecule has 4 nitrogen and oxygen atoms in total. The van der Waals surface area contributed by atoms with Crippen LogP contribution in [-0.2, 0) is 10.2 Å². The number of carbonyl (C=O) groups excluding carboxylic acids is 1. The predicted molar refractivity (Wildman–Crippen MR) is 84.6 cm³/mol. The van der Waals surface area contributed by atoms with E-state index in [1.807, 2.05) is 13.8 Å². The summed E-state index contributed by atoms with van der Waals surface area (Å²) in [4.78, 5) is 11.9. The van der Waals surface area contributed by atoms with Crippen LogP contribution in [-0.4, -0.2) is 31.8 Å². The van der Waals surface area contributed by atoms with Crippen molar-refractivity contribution in [1.82, 2.24) is 10.6 Å². The quantitative estimate of drug-likeness (QED) is 0.896. The Bertz CT molecular complexity index is 479. The lowest BCUT2D eigenvalue weighted by molar-refractivity contribution is 0.0504. The fourth-order valence-electron chi connectivity index (χ4n) is 3.03. The highest BCUT2D eigenvalue weighted by Crippen LogP contribution is 2.36. The first-order chi connectivity index (χ1) is 10.0. The van der Waals surface area contributed by atoms with Crippen LogP contribution >= 0.6 is 0 Å². The first-order valence-corrected chi connectivity index (χ1v) is 7.72. The molecule has 0 spiro atoms. The Labute approximate surface area is 127 Å². The number of hydrogen-bond donors (Lipinski definition) is 2. The molecular weight excluding hydrogens is 264 g/mol. The summed E-state index contributed by atoms with van der Waals surface area (Å²) < 4.78 is 5.53. The minimum absolute atomic E-state index is 0.0160.